The summed E-state index contributed by atoms with van der Waals surface area (Å²) in [6.45, 7) is 2.15. The molecule has 37 heavy (non-hydrogen) atoms. The highest BCUT2D eigenvalue weighted by atomic mass is 35.5. The smallest absolute Gasteiger partial charge is 0.238 e. The fraction of sp³-hybridized carbons (Fsp3) is 0.485. The Hall–Kier alpha value is -2.70. The molecule has 1 aliphatic heterocycles. The number of hydrogen-bond acceptors (Lipinski definition) is 2. The highest BCUT2D eigenvalue weighted by Gasteiger charge is 2.51. The Balaban J connectivity index is 1.22. The number of fused-ring (bicyclic) bond motifs is 2. The standard InChI is InChI=1S/C33H35ClN2O/c1-3-21-4-5-26-15-30-29(28(26)14-21)10-20(2)36(31(37)19-34)32(30)25-6-8-27(9-7-25)35-33-16-22-11-23(17-33)13-24(12-22)18-33/h1,4-9,14,20,22-24,32,35H,10-13,15-19H2,2H3/t20-,22?,23?,24?,32-,33?/m0/s1. The lowest BCUT2D eigenvalue weighted by atomic mass is 9.53. The molecule has 190 valence electrons. The van der Waals surface area contributed by atoms with Gasteiger partial charge in [-0.1, -0.05) is 24.1 Å². The minimum absolute atomic E-state index is 0.00163. The van der Waals surface area contributed by atoms with E-state index in [9.17, 15) is 4.79 Å². The number of alkyl halides is 1. The molecule has 0 spiro atoms. The Morgan fingerprint density at radius 2 is 1.76 bits per heavy atom. The number of amides is 1. The van der Waals surface area contributed by atoms with Gasteiger partial charge in [0.05, 0.1) is 6.04 Å². The number of benzene rings is 2. The number of nitrogens with one attached hydrogen (secondary N) is 1. The zero-order chi connectivity index (χ0) is 25.3. The number of rotatable bonds is 4. The molecule has 2 atom stereocenters. The molecule has 4 fully saturated rings. The van der Waals surface area contributed by atoms with Gasteiger partial charge in [-0.05, 0) is 128 Å². The van der Waals surface area contributed by atoms with E-state index < -0.39 is 0 Å². The minimum atomic E-state index is -0.0970. The van der Waals surface area contributed by atoms with Crippen molar-refractivity contribution in [1.29, 1.82) is 0 Å². The van der Waals surface area contributed by atoms with Crippen molar-refractivity contribution in [2.45, 2.75) is 75.9 Å². The fourth-order valence-electron chi connectivity index (χ4n) is 9.04. The predicted octanol–water partition coefficient (Wildman–Crippen LogP) is 6.96. The number of terminal acetylenes is 1. The van der Waals surface area contributed by atoms with E-state index in [0.29, 0.717) is 0 Å². The molecule has 0 unspecified atom stereocenters. The van der Waals surface area contributed by atoms with Crippen LogP contribution >= 0.6 is 11.6 Å². The van der Waals surface area contributed by atoms with Crippen LogP contribution in [0.5, 0.6) is 0 Å². The lowest BCUT2D eigenvalue weighted by Crippen LogP contribution is -2.54. The summed E-state index contributed by atoms with van der Waals surface area (Å²) in [6, 6.07) is 15.3. The molecule has 4 bridgehead atoms. The van der Waals surface area contributed by atoms with Gasteiger partial charge in [0, 0.05) is 22.8 Å². The molecule has 4 saturated carbocycles. The first kappa shape index (κ1) is 23.4. The van der Waals surface area contributed by atoms with Crippen molar-refractivity contribution in [3.05, 3.63) is 70.3 Å². The summed E-state index contributed by atoms with van der Waals surface area (Å²) in [5.41, 5.74) is 8.83. The van der Waals surface area contributed by atoms with Crippen LogP contribution in [0.4, 0.5) is 5.69 Å². The Bertz CT molecular complexity index is 1300. The number of carbonyl (C=O) groups excluding carboxylic acids is 1. The molecule has 2 aromatic rings. The third-order valence-corrected chi connectivity index (χ3v) is 10.3. The summed E-state index contributed by atoms with van der Waals surface area (Å²) < 4.78 is 0. The van der Waals surface area contributed by atoms with Crippen LogP contribution < -0.4 is 5.32 Å². The summed E-state index contributed by atoms with van der Waals surface area (Å²) >= 11 is 6.13. The quantitative estimate of drug-likeness (QED) is 0.356. The number of halogens is 1. The van der Waals surface area contributed by atoms with Gasteiger partial charge < -0.3 is 10.2 Å². The lowest BCUT2D eigenvalue weighted by molar-refractivity contribution is -0.132. The van der Waals surface area contributed by atoms with Crippen molar-refractivity contribution in [1.82, 2.24) is 4.90 Å². The van der Waals surface area contributed by atoms with Crippen LogP contribution in [0, 0.1) is 30.1 Å². The molecular formula is C33H35ClN2O. The van der Waals surface area contributed by atoms with Gasteiger partial charge in [0.1, 0.15) is 5.88 Å². The maximum absolute atomic E-state index is 13.1. The van der Waals surface area contributed by atoms with Gasteiger partial charge in [0.2, 0.25) is 5.91 Å². The topological polar surface area (TPSA) is 32.3 Å². The number of carbonyl (C=O) groups is 1. The van der Waals surface area contributed by atoms with Crippen molar-refractivity contribution in [2.24, 2.45) is 17.8 Å². The summed E-state index contributed by atoms with van der Waals surface area (Å²) in [7, 11) is 0. The van der Waals surface area contributed by atoms with Crippen molar-refractivity contribution in [2.75, 3.05) is 11.2 Å². The van der Waals surface area contributed by atoms with E-state index in [0.717, 1.165) is 36.2 Å². The van der Waals surface area contributed by atoms with E-state index in [1.54, 1.807) is 0 Å². The van der Waals surface area contributed by atoms with Gasteiger partial charge in [0.15, 0.2) is 0 Å². The molecule has 3 nitrogen and oxygen atoms in total. The third-order valence-electron chi connectivity index (χ3n) is 10.0. The Morgan fingerprint density at radius 3 is 2.38 bits per heavy atom. The average Bonchev–Trinajstić information content (AvgIpc) is 3.24. The average molecular weight is 511 g/mol. The van der Waals surface area contributed by atoms with E-state index in [-0.39, 0.29) is 29.4 Å². The number of anilines is 1. The molecule has 5 aliphatic carbocycles. The Morgan fingerprint density at radius 1 is 1.08 bits per heavy atom. The van der Waals surface area contributed by atoms with Gasteiger partial charge in [-0.3, -0.25) is 4.79 Å². The first-order valence-electron chi connectivity index (χ1n) is 14.0. The molecule has 2 aromatic carbocycles. The first-order chi connectivity index (χ1) is 17.9. The fourth-order valence-corrected chi connectivity index (χ4v) is 9.18. The van der Waals surface area contributed by atoms with Crippen LogP contribution in [-0.2, 0) is 11.2 Å². The number of nitrogens with zero attached hydrogens (tertiary/aromatic N) is 1. The van der Waals surface area contributed by atoms with Crippen LogP contribution in [0.2, 0.25) is 0 Å². The summed E-state index contributed by atoms with van der Waals surface area (Å²) in [4.78, 5) is 15.2. The molecule has 0 radical (unpaired) electrons. The van der Waals surface area contributed by atoms with E-state index in [1.807, 2.05) is 11.0 Å². The van der Waals surface area contributed by atoms with Gasteiger partial charge in [-0.2, -0.15) is 0 Å². The second-order valence-corrected chi connectivity index (χ2v) is 12.8. The Kier molecular flexibility index (Phi) is 5.49. The van der Waals surface area contributed by atoms with Gasteiger partial charge in [-0.25, -0.2) is 0 Å². The maximum Gasteiger partial charge on any atom is 0.238 e. The molecule has 0 saturated heterocycles. The van der Waals surface area contributed by atoms with Crippen LogP contribution in [0.3, 0.4) is 0 Å². The zero-order valence-corrected chi connectivity index (χ0v) is 22.4. The molecular weight excluding hydrogens is 476 g/mol. The van der Waals surface area contributed by atoms with E-state index >= 15 is 0 Å². The molecule has 0 aromatic heterocycles. The van der Waals surface area contributed by atoms with Gasteiger partial charge in [0.25, 0.3) is 0 Å². The van der Waals surface area contributed by atoms with Crippen molar-refractivity contribution in [3.8, 4) is 12.3 Å². The SMILES string of the molecule is C#Cc1ccc2c(c1)C1=C(C2)[C@H](c2ccc(NC34CC5CC(CC(C5)C3)C4)cc2)N(C(=O)CCl)[C@@H](C)C1. The van der Waals surface area contributed by atoms with Gasteiger partial charge in [-0.15, -0.1) is 18.0 Å². The van der Waals surface area contributed by atoms with E-state index in [1.165, 1.54) is 72.0 Å². The van der Waals surface area contributed by atoms with E-state index in [2.05, 4.69) is 54.6 Å². The van der Waals surface area contributed by atoms with Crippen LogP contribution in [0.25, 0.3) is 5.57 Å². The molecule has 6 aliphatic rings. The maximum atomic E-state index is 13.1. The summed E-state index contributed by atoms with van der Waals surface area (Å²) in [6.07, 6.45) is 15.7. The highest BCUT2D eigenvalue weighted by Crippen LogP contribution is 2.57. The number of hydrogen-bond donors (Lipinski definition) is 1. The highest BCUT2D eigenvalue weighted by molar-refractivity contribution is 6.27. The monoisotopic (exact) mass is 510 g/mol. The van der Waals surface area contributed by atoms with Crippen LogP contribution in [0.1, 0.15) is 80.2 Å². The van der Waals surface area contributed by atoms with Crippen LogP contribution in [-0.4, -0.2) is 28.3 Å². The summed E-state index contributed by atoms with van der Waals surface area (Å²) in [5, 5.41) is 4.01. The predicted molar refractivity (Wildman–Crippen MR) is 150 cm³/mol. The van der Waals surface area contributed by atoms with E-state index in [4.69, 9.17) is 18.0 Å². The second kappa shape index (κ2) is 8.67. The largest absolute Gasteiger partial charge is 0.380 e. The van der Waals surface area contributed by atoms with Crippen molar-refractivity contribution in [3.63, 3.8) is 0 Å². The molecule has 1 heterocycles. The van der Waals surface area contributed by atoms with Gasteiger partial charge >= 0.3 is 0 Å². The molecule has 4 heteroatoms. The summed E-state index contributed by atoms with van der Waals surface area (Å²) in [5.74, 6) is 5.55. The third kappa shape index (κ3) is 3.83. The second-order valence-electron chi connectivity index (χ2n) is 12.5. The zero-order valence-electron chi connectivity index (χ0n) is 21.6. The molecule has 1 amide bonds. The molecule has 1 N–H and O–H groups in total. The van der Waals surface area contributed by atoms with Crippen molar-refractivity contribution < 1.29 is 4.79 Å². The normalized spacial score (nSPS) is 33.2. The Labute approximate surface area is 225 Å². The minimum Gasteiger partial charge on any atom is -0.380 e. The first-order valence-corrected chi connectivity index (χ1v) is 14.6. The van der Waals surface area contributed by atoms with Crippen LogP contribution in [0.15, 0.2) is 48.0 Å². The lowest BCUT2D eigenvalue weighted by Gasteiger charge is -2.57. The molecule has 8 rings (SSSR count). The van der Waals surface area contributed by atoms with Crippen molar-refractivity contribution >= 4 is 28.8 Å².